The van der Waals surface area contributed by atoms with Gasteiger partial charge in [0.2, 0.25) is 11.8 Å². The smallest absolute Gasteiger partial charge is 0.237 e. The Balaban J connectivity index is 1.55. The standard InChI is InChI=1S/C24H38N4O2/c1-24(2,3)18-21(29)27-14-16-28(17-15-27)22(19-8-4-5-9-19)23(30)26-13-11-20-10-6-7-12-25-20/h6-7,10,12,19,22H,4-5,8-9,11,13-18H2,1-3H3,(H,26,30)/t22-/m1/s1. The number of amides is 2. The minimum Gasteiger partial charge on any atom is -0.354 e. The molecule has 2 heterocycles. The van der Waals surface area contributed by atoms with Gasteiger partial charge in [0, 0.05) is 57.5 Å². The summed E-state index contributed by atoms with van der Waals surface area (Å²) in [5.74, 6) is 0.809. The average molecular weight is 415 g/mol. The van der Waals surface area contributed by atoms with Crippen molar-refractivity contribution in [3.63, 3.8) is 0 Å². The molecular formula is C24H38N4O2. The Labute approximate surface area is 181 Å². The van der Waals surface area contributed by atoms with E-state index in [1.165, 1.54) is 12.8 Å². The molecule has 1 aliphatic carbocycles. The minimum absolute atomic E-state index is 0.00803. The van der Waals surface area contributed by atoms with Crippen LogP contribution in [0.4, 0.5) is 0 Å². The van der Waals surface area contributed by atoms with Crippen LogP contribution in [0, 0.1) is 11.3 Å². The van der Waals surface area contributed by atoms with Gasteiger partial charge in [0.25, 0.3) is 0 Å². The van der Waals surface area contributed by atoms with E-state index in [0.717, 1.165) is 51.1 Å². The summed E-state index contributed by atoms with van der Waals surface area (Å²) >= 11 is 0. The Morgan fingerprint density at radius 3 is 2.43 bits per heavy atom. The van der Waals surface area contributed by atoms with E-state index in [9.17, 15) is 9.59 Å². The van der Waals surface area contributed by atoms with Crippen LogP contribution in [0.5, 0.6) is 0 Å². The Kier molecular flexibility index (Phi) is 7.87. The maximum Gasteiger partial charge on any atom is 0.237 e. The predicted octanol–water partition coefficient (Wildman–Crippen LogP) is 2.88. The van der Waals surface area contributed by atoms with Crippen LogP contribution in [0.15, 0.2) is 24.4 Å². The summed E-state index contributed by atoms with van der Waals surface area (Å²) in [6, 6.07) is 5.81. The van der Waals surface area contributed by atoms with Gasteiger partial charge in [-0.05, 0) is 36.3 Å². The maximum atomic E-state index is 13.2. The van der Waals surface area contributed by atoms with Gasteiger partial charge in [-0.25, -0.2) is 0 Å². The summed E-state index contributed by atoms with van der Waals surface area (Å²) < 4.78 is 0. The lowest BCUT2D eigenvalue weighted by Gasteiger charge is -2.41. The minimum atomic E-state index is -0.0731. The van der Waals surface area contributed by atoms with Crippen molar-refractivity contribution in [3.8, 4) is 0 Å². The molecule has 6 heteroatoms. The maximum absolute atomic E-state index is 13.2. The summed E-state index contributed by atoms with van der Waals surface area (Å²) in [7, 11) is 0. The van der Waals surface area contributed by atoms with Crippen molar-refractivity contribution in [2.24, 2.45) is 11.3 Å². The fourth-order valence-electron chi connectivity index (χ4n) is 4.73. The zero-order valence-corrected chi connectivity index (χ0v) is 18.9. The Morgan fingerprint density at radius 1 is 1.13 bits per heavy atom. The third kappa shape index (κ3) is 6.53. The van der Waals surface area contributed by atoms with Crippen LogP contribution in [0.1, 0.15) is 58.6 Å². The molecule has 2 amide bonds. The van der Waals surface area contributed by atoms with E-state index in [-0.39, 0.29) is 23.3 Å². The van der Waals surface area contributed by atoms with Crippen molar-refractivity contribution in [2.45, 2.75) is 65.3 Å². The van der Waals surface area contributed by atoms with Crippen LogP contribution in [0.25, 0.3) is 0 Å². The SMILES string of the molecule is CC(C)(C)CC(=O)N1CCN([C@@H](C(=O)NCCc2ccccn2)C2CCCC2)CC1. The van der Waals surface area contributed by atoms with Crippen LogP contribution >= 0.6 is 0 Å². The second kappa shape index (κ2) is 10.4. The molecule has 0 radical (unpaired) electrons. The van der Waals surface area contributed by atoms with Crippen LogP contribution in [0.2, 0.25) is 0 Å². The lowest BCUT2D eigenvalue weighted by atomic mass is 9.91. The van der Waals surface area contributed by atoms with Crippen molar-refractivity contribution in [1.29, 1.82) is 0 Å². The van der Waals surface area contributed by atoms with E-state index in [2.05, 4.69) is 36.0 Å². The number of rotatable bonds is 7. The fourth-order valence-corrected chi connectivity index (χ4v) is 4.73. The van der Waals surface area contributed by atoms with Crippen LogP contribution in [-0.4, -0.2) is 65.4 Å². The zero-order valence-electron chi connectivity index (χ0n) is 18.9. The highest BCUT2D eigenvalue weighted by molar-refractivity contribution is 5.82. The molecule has 0 spiro atoms. The summed E-state index contributed by atoms with van der Waals surface area (Å²) in [5, 5.41) is 3.17. The van der Waals surface area contributed by atoms with Crippen LogP contribution in [-0.2, 0) is 16.0 Å². The van der Waals surface area contributed by atoms with Gasteiger partial charge in [-0.3, -0.25) is 19.5 Å². The average Bonchev–Trinajstić information content (AvgIpc) is 3.22. The normalized spacial score (nSPS) is 19.6. The first-order valence-corrected chi connectivity index (χ1v) is 11.5. The van der Waals surface area contributed by atoms with E-state index in [4.69, 9.17) is 0 Å². The second-order valence-corrected chi connectivity index (χ2v) is 10.0. The molecule has 3 rings (SSSR count). The molecule has 1 atom stereocenters. The summed E-state index contributed by atoms with van der Waals surface area (Å²) in [4.78, 5) is 34.4. The quantitative estimate of drug-likeness (QED) is 0.745. The first-order valence-electron chi connectivity index (χ1n) is 11.5. The topological polar surface area (TPSA) is 65.5 Å². The third-order valence-corrected chi connectivity index (χ3v) is 6.26. The molecule has 1 saturated heterocycles. The number of hydrogen-bond donors (Lipinski definition) is 1. The molecular weight excluding hydrogens is 376 g/mol. The van der Waals surface area contributed by atoms with Crippen molar-refractivity contribution in [1.82, 2.24) is 20.1 Å². The van der Waals surface area contributed by atoms with Gasteiger partial charge in [-0.1, -0.05) is 39.7 Å². The van der Waals surface area contributed by atoms with Gasteiger partial charge in [-0.2, -0.15) is 0 Å². The molecule has 0 aromatic carbocycles. The number of carbonyl (C=O) groups is 2. The van der Waals surface area contributed by atoms with Crippen molar-refractivity contribution < 1.29 is 9.59 Å². The predicted molar refractivity (Wildman–Crippen MR) is 119 cm³/mol. The highest BCUT2D eigenvalue weighted by Gasteiger charge is 2.37. The van der Waals surface area contributed by atoms with Gasteiger partial charge in [-0.15, -0.1) is 0 Å². The third-order valence-electron chi connectivity index (χ3n) is 6.26. The Bertz CT molecular complexity index is 687. The summed E-state index contributed by atoms with van der Waals surface area (Å²) in [5.41, 5.74) is 1.01. The molecule has 1 saturated carbocycles. The number of nitrogens with one attached hydrogen (secondary N) is 1. The number of nitrogens with zero attached hydrogens (tertiary/aromatic N) is 3. The number of carbonyl (C=O) groups excluding carboxylic acids is 2. The molecule has 166 valence electrons. The zero-order chi connectivity index (χ0) is 21.6. The molecule has 30 heavy (non-hydrogen) atoms. The van der Waals surface area contributed by atoms with Gasteiger partial charge in [0.15, 0.2) is 0 Å². The summed E-state index contributed by atoms with van der Waals surface area (Å²) in [6.45, 7) is 9.93. The first kappa shape index (κ1) is 22.7. The van der Waals surface area contributed by atoms with Gasteiger partial charge >= 0.3 is 0 Å². The van der Waals surface area contributed by atoms with Crippen molar-refractivity contribution >= 4 is 11.8 Å². The number of pyridine rings is 1. The monoisotopic (exact) mass is 414 g/mol. The van der Waals surface area contributed by atoms with E-state index < -0.39 is 0 Å². The summed E-state index contributed by atoms with van der Waals surface area (Å²) in [6.07, 6.45) is 7.80. The lowest BCUT2D eigenvalue weighted by molar-refractivity contribution is -0.136. The van der Waals surface area contributed by atoms with Gasteiger partial charge in [0.1, 0.15) is 0 Å². The Morgan fingerprint density at radius 2 is 1.83 bits per heavy atom. The number of aromatic nitrogens is 1. The molecule has 2 aliphatic rings. The largest absolute Gasteiger partial charge is 0.354 e. The van der Waals surface area contributed by atoms with Gasteiger partial charge in [0.05, 0.1) is 6.04 Å². The molecule has 1 aromatic heterocycles. The first-order chi connectivity index (χ1) is 14.3. The molecule has 0 bridgehead atoms. The second-order valence-electron chi connectivity index (χ2n) is 10.0. The molecule has 6 nitrogen and oxygen atoms in total. The van der Waals surface area contributed by atoms with Gasteiger partial charge < -0.3 is 10.2 Å². The Hall–Kier alpha value is -1.95. The fraction of sp³-hybridized carbons (Fsp3) is 0.708. The number of hydrogen-bond acceptors (Lipinski definition) is 4. The molecule has 1 aromatic rings. The molecule has 0 unspecified atom stereocenters. The lowest BCUT2D eigenvalue weighted by Crippen LogP contribution is -2.58. The van der Waals surface area contributed by atoms with Crippen LogP contribution in [0.3, 0.4) is 0 Å². The van der Waals surface area contributed by atoms with Crippen LogP contribution < -0.4 is 5.32 Å². The highest BCUT2D eigenvalue weighted by atomic mass is 16.2. The van der Waals surface area contributed by atoms with E-state index in [0.29, 0.717) is 18.9 Å². The van der Waals surface area contributed by atoms with E-state index >= 15 is 0 Å². The van der Waals surface area contributed by atoms with E-state index in [1.807, 2.05) is 23.1 Å². The number of piperazine rings is 1. The molecule has 1 N–H and O–H groups in total. The van der Waals surface area contributed by atoms with Crippen molar-refractivity contribution in [3.05, 3.63) is 30.1 Å². The highest BCUT2D eigenvalue weighted by Crippen LogP contribution is 2.31. The molecule has 1 aliphatic heterocycles. The van der Waals surface area contributed by atoms with E-state index in [1.54, 1.807) is 6.20 Å². The van der Waals surface area contributed by atoms with Crippen molar-refractivity contribution in [2.75, 3.05) is 32.7 Å². The molecule has 2 fully saturated rings.